The second kappa shape index (κ2) is 8.31. The SMILES string of the molecule is CCOC(=O)Cc1csc(NC(=O)c2nc(Cl)c(Cl)c(Cl)c2Cl)n1. The number of esters is 1. The molecule has 1 N–H and O–H groups in total. The van der Waals surface area contributed by atoms with E-state index < -0.39 is 11.9 Å². The number of nitrogens with zero attached hydrogens (tertiary/aromatic N) is 2. The van der Waals surface area contributed by atoms with Crippen molar-refractivity contribution in [3.63, 3.8) is 0 Å². The molecule has 2 rings (SSSR count). The Balaban J connectivity index is 2.14. The molecular formula is C13H9Cl4N3O3S. The third-order valence-electron chi connectivity index (χ3n) is 2.60. The van der Waals surface area contributed by atoms with Crippen LogP contribution in [0.3, 0.4) is 0 Å². The van der Waals surface area contributed by atoms with Gasteiger partial charge in [-0.25, -0.2) is 9.97 Å². The average molecular weight is 429 g/mol. The molecule has 0 saturated heterocycles. The third-order valence-corrected chi connectivity index (χ3v) is 5.09. The summed E-state index contributed by atoms with van der Waals surface area (Å²) in [5, 5.41) is 4.04. The Labute approximate surface area is 161 Å². The van der Waals surface area contributed by atoms with Crippen molar-refractivity contribution in [3.8, 4) is 0 Å². The van der Waals surface area contributed by atoms with E-state index in [1.165, 1.54) is 0 Å². The van der Waals surface area contributed by atoms with E-state index >= 15 is 0 Å². The molecule has 2 heterocycles. The zero-order valence-electron chi connectivity index (χ0n) is 12.0. The zero-order valence-corrected chi connectivity index (χ0v) is 15.9. The van der Waals surface area contributed by atoms with Gasteiger partial charge in [-0.3, -0.25) is 14.9 Å². The van der Waals surface area contributed by atoms with E-state index in [2.05, 4.69) is 15.3 Å². The number of hydrogen-bond donors (Lipinski definition) is 1. The van der Waals surface area contributed by atoms with E-state index in [4.69, 9.17) is 51.1 Å². The Hall–Kier alpha value is -1.12. The number of nitrogens with one attached hydrogen (secondary N) is 1. The number of carbonyl (C=O) groups is 2. The lowest BCUT2D eigenvalue weighted by atomic mass is 10.3. The normalized spacial score (nSPS) is 10.5. The Morgan fingerprint density at radius 2 is 1.88 bits per heavy atom. The number of aromatic nitrogens is 2. The summed E-state index contributed by atoms with van der Waals surface area (Å²) in [4.78, 5) is 31.6. The van der Waals surface area contributed by atoms with Crippen LogP contribution in [-0.4, -0.2) is 28.5 Å². The Morgan fingerprint density at radius 3 is 2.54 bits per heavy atom. The molecule has 0 unspecified atom stereocenters. The van der Waals surface area contributed by atoms with Gasteiger partial charge >= 0.3 is 5.97 Å². The van der Waals surface area contributed by atoms with E-state index in [0.717, 1.165) is 11.3 Å². The Bertz CT molecular complexity index is 797. The van der Waals surface area contributed by atoms with Crippen molar-refractivity contribution < 1.29 is 14.3 Å². The van der Waals surface area contributed by atoms with Crippen molar-refractivity contribution in [2.75, 3.05) is 11.9 Å². The highest BCUT2D eigenvalue weighted by Gasteiger charge is 2.21. The zero-order chi connectivity index (χ0) is 17.9. The average Bonchev–Trinajstić information content (AvgIpc) is 2.95. The maximum atomic E-state index is 12.2. The summed E-state index contributed by atoms with van der Waals surface area (Å²) in [6.45, 7) is 2.00. The summed E-state index contributed by atoms with van der Waals surface area (Å²) in [7, 11) is 0. The molecule has 0 spiro atoms. The van der Waals surface area contributed by atoms with Gasteiger partial charge in [-0.2, -0.15) is 0 Å². The summed E-state index contributed by atoms with van der Waals surface area (Å²) in [6, 6.07) is 0. The van der Waals surface area contributed by atoms with E-state index in [9.17, 15) is 9.59 Å². The van der Waals surface area contributed by atoms with Gasteiger partial charge in [0.25, 0.3) is 5.91 Å². The third kappa shape index (κ3) is 4.49. The molecular weight excluding hydrogens is 420 g/mol. The molecule has 11 heteroatoms. The lowest BCUT2D eigenvalue weighted by molar-refractivity contribution is -0.142. The van der Waals surface area contributed by atoms with Gasteiger partial charge in [0.05, 0.1) is 33.8 Å². The first-order valence-electron chi connectivity index (χ1n) is 6.44. The van der Waals surface area contributed by atoms with Crippen LogP contribution >= 0.6 is 57.7 Å². The van der Waals surface area contributed by atoms with Crippen molar-refractivity contribution in [1.29, 1.82) is 0 Å². The standard InChI is InChI=1S/C13H9Cl4N3O3S/c1-2-23-6(21)3-5-4-24-13(18-5)20-12(22)10-8(15)7(14)9(16)11(17)19-10/h4H,2-3H2,1H3,(H,18,20,22). The highest BCUT2D eigenvalue weighted by atomic mass is 35.5. The number of amides is 1. The number of pyridine rings is 1. The molecule has 0 fully saturated rings. The molecule has 0 atom stereocenters. The van der Waals surface area contributed by atoms with Crippen LogP contribution in [0.4, 0.5) is 5.13 Å². The van der Waals surface area contributed by atoms with Gasteiger partial charge in [0.2, 0.25) is 0 Å². The van der Waals surface area contributed by atoms with Gasteiger partial charge in [0.15, 0.2) is 10.8 Å². The number of carbonyl (C=O) groups excluding carboxylic acids is 2. The fourth-order valence-electron chi connectivity index (χ4n) is 1.60. The smallest absolute Gasteiger partial charge is 0.311 e. The largest absolute Gasteiger partial charge is 0.466 e. The molecule has 0 aromatic carbocycles. The summed E-state index contributed by atoms with van der Waals surface area (Å²) >= 11 is 24.6. The molecule has 1 amide bonds. The minimum Gasteiger partial charge on any atom is -0.466 e. The van der Waals surface area contributed by atoms with Crippen LogP contribution in [0.25, 0.3) is 0 Å². The van der Waals surface area contributed by atoms with Crippen LogP contribution in [0, 0.1) is 0 Å². The Kier molecular flexibility index (Phi) is 6.65. The van der Waals surface area contributed by atoms with Crippen LogP contribution < -0.4 is 5.32 Å². The summed E-state index contributed by atoms with van der Waals surface area (Å²) in [5.74, 6) is -1.06. The fraction of sp³-hybridized carbons (Fsp3) is 0.231. The van der Waals surface area contributed by atoms with E-state index in [-0.39, 0.29) is 44.1 Å². The molecule has 2 aromatic rings. The van der Waals surface area contributed by atoms with E-state index in [0.29, 0.717) is 5.69 Å². The number of rotatable bonds is 5. The van der Waals surface area contributed by atoms with Gasteiger partial charge < -0.3 is 4.74 Å². The fourth-order valence-corrected chi connectivity index (χ4v) is 3.12. The van der Waals surface area contributed by atoms with Gasteiger partial charge in [0.1, 0.15) is 5.15 Å². The quantitative estimate of drug-likeness (QED) is 0.559. The molecule has 6 nitrogen and oxygen atoms in total. The number of anilines is 1. The van der Waals surface area contributed by atoms with Gasteiger partial charge in [-0.05, 0) is 6.92 Å². The summed E-state index contributed by atoms with van der Waals surface area (Å²) in [6.07, 6.45) is 0.0117. The number of ether oxygens (including phenoxy) is 1. The van der Waals surface area contributed by atoms with Crippen molar-refractivity contribution >= 4 is 74.7 Å². The van der Waals surface area contributed by atoms with Crippen LogP contribution in [-0.2, 0) is 16.0 Å². The summed E-state index contributed by atoms with van der Waals surface area (Å²) in [5.41, 5.74) is 0.290. The van der Waals surface area contributed by atoms with Crippen LogP contribution in [0.15, 0.2) is 5.38 Å². The van der Waals surface area contributed by atoms with Crippen molar-refractivity contribution in [1.82, 2.24) is 9.97 Å². The first-order chi connectivity index (χ1) is 11.3. The number of hydrogen-bond acceptors (Lipinski definition) is 6. The predicted octanol–water partition coefficient (Wildman–Crippen LogP) is 4.51. The molecule has 2 aromatic heterocycles. The molecule has 0 bridgehead atoms. The van der Waals surface area contributed by atoms with Crippen LogP contribution in [0.1, 0.15) is 23.1 Å². The minimum atomic E-state index is -0.655. The molecule has 0 radical (unpaired) electrons. The molecule has 0 aliphatic heterocycles. The van der Waals surface area contributed by atoms with Gasteiger partial charge in [-0.15, -0.1) is 11.3 Å². The van der Waals surface area contributed by atoms with Crippen LogP contribution in [0.2, 0.25) is 20.2 Å². The molecule has 128 valence electrons. The minimum absolute atomic E-state index is 0.0117. The molecule has 0 aliphatic carbocycles. The topological polar surface area (TPSA) is 81.2 Å². The second-order valence-electron chi connectivity index (χ2n) is 4.27. The Morgan fingerprint density at radius 1 is 1.17 bits per heavy atom. The first kappa shape index (κ1) is 19.2. The maximum Gasteiger partial charge on any atom is 0.311 e. The second-order valence-corrected chi connectivity index (χ2v) is 6.62. The molecule has 0 aliphatic rings. The molecule has 0 saturated carbocycles. The van der Waals surface area contributed by atoms with Crippen molar-refractivity contribution in [3.05, 3.63) is 37.0 Å². The van der Waals surface area contributed by atoms with E-state index in [1.54, 1.807) is 12.3 Å². The predicted molar refractivity (Wildman–Crippen MR) is 94.7 cm³/mol. The summed E-state index contributed by atoms with van der Waals surface area (Å²) < 4.78 is 4.83. The van der Waals surface area contributed by atoms with Gasteiger partial charge in [-0.1, -0.05) is 46.4 Å². The van der Waals surface area contributed by atoms with Gasteiger partial charge in [0, 0.05) is 5.38 Å². The lowest BCUT2D eigenvalue weighted by Gasteiger charge is -2.07. The number of thiazole rings is 1. The van der Waals surface area contributed by atoms with Crippen molar-refractivity contribution in [2.45, 2.75) is 13.3 Å². The van der Waals surface area contributed by atoms with Crippen LogP contribution in [0.5, 0.6) is 0 Å². The lowest BCUT2D eigenvalue weighted by Crippen LogP contribution is -2.15. The highest BCUT2D eigenvalue weighted by molar-refractivity contribution is 7.14. The monoisotopic (exact) mass is 427 g/mol. The maximum absolute atomic E-state index is 12.2. The molecule has 24 heavy (non-hydrogen) atoms. The van der Waals surface area contributed by atoms with Crippen molar-refractivity contribution in [2.24, 2.45) is 0 Å². The number of halogens is 4. The first-order valence-corrected chi connectivity index (χ1v) is 8.84. The van der Waals surface area contributed by atoms with E-state index in [1.807, 2.05) is 0 Å². The highest BCUT2D eigenvalue weighted by Crippen LogP contribution is 2.36.